The smallest absolute Gasteiger partial charge is 0.274 e. The average Bonchev–Trinajstić information content (AvgIpc) is 3.64. The van der Waals surface area contributed by atoms with Gasteiger partial charge in [0.2, 0.25) is 0 Å². The highest BCUT2D eigenvalue weighted by Crippen LogP contribution is 2.34. The number of amides is 1. The summed E-state index contributed by atoms with van der Waals surface area (Å²) in [6, 6.07) is 10.1. The lowest BCUT2D eigenvalue weighted by molar-refractivity contribution is -0.128. The fourth-order valence-electron chi connectivity index (χ4n) is 7.87. The maximum Gasteiger partial charge on any atom is 0.274 e. The van der Waals surface area contributed by atoms with Gasteiger partial charge in [-0.25, -0.2) is 9.37 Å². The van der Waals surface area contributed by atoms with Crippen molar-refractivity contribution in [1.29, 1.82) is 0 Å². The first-order chi connectivity index (χ1) is 24.2. The van der Waals surface area contributed by atoms with E-state index in [2.05, 4.69) is 54.3 Å². The zero-order chi connectivity index (χ0) is 34.5. The topological polar surface area (TPSA) is 132 Å². The van der Waals surface area contributed by atoms with Crippen molar-refractivity contribution in [3.63, 3.8) is 0 Å². The van der Waals surface area contributed by atoms with Crippen LogP contribution in [0, 0.1) is 5.82 Å². The van der Waals surface area contributed by atoms with Gasteiger partial charge in [0, 0.05) is 62.5 Å². The highest BCUT2D eigenvalue weighted by molar-refractivity contribution is 5.96. The van der Waals surface area contributed by atoms with Crippen LogP contribution in [0.5, 0.6) is 5.75 Å². The van der Waals surface area contributed by atoms with Gasteiger partial charge < -0.3 is 25.2 Å². The van der Waals surface area contributed by atoms with Crippen LogP contribution in [-0.2, 0) is 24.2 Å². The summed E-state index contributed by atoms with van der Waals surface area (Å²) in [6.45, 7) is 7.12. The third-order valence-electron chi connectivity index (χ3n) is 11.0. The highest BCUT2D eigenvalue weighted by Gasteiger charge is 2.36. The molecule has 13 heteroatoms. The Balaban J connectivity index is 0.902. The molecule has 2 aromatic heterocycles. The fourth-order valence-corrected chi connectivity index (χ4v) is 7.87. The second-order valence-electron chi connectivity index (χ2n) is 14.2. The molecule has 4 N–H and O–H groups in total. The molecule has 5 heterocycles. The number of aryl methyl sites for hydroxylation is 1. The van der Waals surface area contributed by atoms with E-state index in [9.17, 15) is 14.3 Å². The van der Waals surface area contributed by atoms with Crippen molar-refractivity contribution in [1.82, 2.24) is 45.1 Å². The normalized spacial score (nSPS) is 23.0. The van der Waals surface area contributed by atoms with Crippen molar-refractivity contribution in [2.45, 2.75) is 63.8 Å². The number of aromatic amines is 2. The van der Waals surface area contributed by atoms with Crippen molar-refractivity contribution in [3.8, 4) is 28.4 Å². The monoisotopic (exact) mass is 680 g/mol. The summed E-state index contributed by atoms with van der Waals surface area (Å²) in [5, 5.41) is 21.9. The fraction of sp³-hybridized carbons (Fsp3) is 0.459. The first-order valence-electron chi connectivity index (χ1n) is 17.8. The van der Waals surface area contributed by atoms with Crippen LogP contribution in [0.2, 0.25) is 0 Å². The number of aromatic hydroxyl groups is 1. The summed E-state index contributed by atoms with van der Waals surface area (Å²) in [4.78, 5) is 35.7. The standard InChI is InChI=1S/C37H45FN10O2/c1-4-22-15-33(49)28(38)18-27(22)23-6-7-26-30(14-23)43-44-35(26)36-41-29-8-11-48(21-32(29)42-36)37(50)31-19-40-34(20-39-31)47-10-5-9-46(12-13-47)25-16-24(17-25)45(2)3/h6-7,14-15,18-20,24-25,34,40,49H,4-5,8-13,16-17,21H2,1-3H3,(H,41,42)(H,43,44). The zero-order valence-corrected chi connectivity index (χ0v) is 28.9. The van der Waals surface area contributed by atoms with E-state index in [-0.39, 0.29) is 17.8 Å². The summed E-state index contributed by atoms with van der Waals surface area (Å²) in [5.41, 5.74) is 6.14. The number of aromatic nitrogens is 4. The van der Waals surface area contributed by atoms with E-state index in [1.807, 2.05) is 36.2 Å². The minimum Gasteiger partial charge on any atom is -0.505 e. The molecule has 0 radical (unpaired) electrons. The van der Waals surface area contributed by atoms with Gasteiger partial charge in [-0.05, 0) is 87.3 Å². The van der Waals surface area contributed by atoms with Gasteiger partial charge in [-0.3, -0.25) is 24.7 Å². The largest absolute Gasteiger partial charge is 0.505 e. The molecule has 1 atom stereocenters. The van der Waals surface area contributed by atoms with Crippen molar-refractivity contribution in [3.05, 3.63) is 65.0 Å². The number of nitrogens with zero attached hydrogens (tertiary/aromatic N) is 7. The van der Waals surface area contributed by atoms with Crippen molar-refractivity contribution < 1.29 is 14.3 Å². The maximum atomic E-state index is 14.3. The minimum absolute atomic E-state index is 0.0127. The Bertz CT molecular complexity index is 1980. The molecule has 1 aliphatic carbocycles. The third kappa shape index (κ3) is 6.07. The van der Waals surface area contributed by atoms with Crippen LogP contribution >= 0.6 is 0 Å². The van der Waals surface area contributed by atoms with Gasteiger partial charge in [0.15, 0.2) is 17.4 Å². The van der Waals surface area contributed by atoms with E-state index in [4.69, 9.17) is 4.98 Å². The number of aliphatic imine (C=N–C) groups is 1. The average molecular weight is 681 g/mol. The molecule has 2 aromatic carbocycles. The van der Waals surface area contributed by atoms with Gasteiger partial charge >= 0.3 is 0 Å². The predicted octanol–water partition coefficient (Wildman–Crippen LogP) is 3.85. The van der Waals surface area contributed by atoms with Gasteiger partial charge in [0.25, 0.3) is 5.91 Å². The van der Waals surface area contributed by atoms with Crippen LogP contribution in [-0.4, -0.2) is 122 Å². The lowest BCUT2D eigenvalue weighted by Crippen LogP contribution is -2.53. The van der Waals surface area contributed by atoms with Gasteiger partial charge in [0.05, 0.1) is 23.4 Å². The minimum atomic E-state index is -0.648. The summed E-state index contributed by atoms with van der Waals surface area (Å²) in [7, 11) is 4.35. The van der Waals surface area contributed by atoms with E-state index in [0.717, 1.165) is 71.6 Å². The van der Waals surface area contributed by atoms with Gasteiger partial charge in [0.1, 0.15) is 17.6 Å². The quantitative estimate of drug-likeness (QED) is 0.232. The maximum absolute atomic E-state index is 14.3. The number of hydrogen-bond acceptors (Lipinski definition) is 9. The van der Waals surface area contributed by atoms with Gasteiger partial charge in [-0.1, -0.05) is 13.0 Å². The molecule has 0 spiro atoms. The molecule has 1 amide bonds. The molecule has 8 rings (SSSR count). The molecule has 262 valence electrons. The molecule has 2 fully saturated rings. The summed E-state index contributed by atoms with van der Waals surface area (Å²) < 4.78 is 14.3. The zero-order valence-electron chi connectivity index (χ0n) is 28.9. The predicted molar refractivity (Wildman–Crippen MR) is 191 cm³/mol. The Hall–Kier alpha value is -4.59. The van der Waals surface area contributed by atoms with Crippen LogP contribution in [0.1, 0.15) is 43.1 Å². The van der Waals surface area contributed by atoms with Crippen LogP contribution in [0.4, 0.5) is 4.39 Å². The second kappa shape index (κ2) is 13.3. The van der Waals surface area contributed by atoms with Crippen LogP contribution in [0.15, 0.2) is 47.2 Å². The molecule has 1 saturated carbocycles. The van der Waals surface area contributed by atoms with E-state index in [1.165, 1.54) is 25.0 Å². The Labute approximate surface area is 291 Å². The summed E-state index contributed by atoms with van der Waals surface area (Å²) in [5.74, 6) is -0.459. The molecule has 3 aliphatic heterocycles. The number of fused-ring (bicyclic) bond motifs is 2. The van der Waals surface area contributed by atoms with E-state index in [0.29, 0.717) is 55.2 Å². The molecule has 4 aromatic rings. The molecule has 12 nitrogen and oxygen atoms in total. The Morgan fingerprint density at radius 2 is 1.90 bits per heavy atom. The summed E-state index contributed by atoms with van der Waals surface area (Å²) in [6.07, 6.45) is 8.58. The Morgan fingerprint density at radius 3 is 2.68 bits per heavy atom. The van der Waals surface area contributed by atoms with Crippen LogP contribution < -0.4 is 5.32 Å². The molecule has 4 aliphatic rings. The first kappa shape index (κ1) is 32.6. The molecular formula is C37H45FN10O2. The van der Waals surface area contributed by atoms with Crippen LogP contribution in [0.3, 0.4) is 0 Å². The number of halogens is 1. The van der Waals surface area contributed by atoms with E-state index >= 15 is 0 Å². The summed E-state index contributed by atoms with van der Waals surface area (Å²) >= 11 is 0. The molecule has 0 bridgehead atoms. The van der Waals surface area contributed by atoms with E-state index < -0.39 is 5.82 Å². The van der Waals surface area contributed by atoms with Gasteiger partial charge in [-0.2, -0.15) is 5.10 Å². The van der Waals surface area contributed by atoms with Crippen LogP contribution in [0.25, 0.3) is 33.5 Å². The van der Waals surface area contributed by atoms with Crippen molar-refractivity contribution >= 4 is 23.0 Å². The molecular weight excluding hydrogens is 635 g/mol. The number of phenols is 1. The lowest BCUT2D eigenvalue weighted by Gasteiger charge is -2.45. The number of carbonyl (C=O) groups excluding carboxylic acids is 1. The lowest BCUT2D eigenvalue weighted by atomic mass is 9.84. The number of carbonyl (C=O) groups is 1. The SMILES string of the molecule is CCc1cc(O)c(F)cc1-c1ccc2c(-c3nc4c([nH]3)CN(C(=O)C3=CNC(N5CCCN(C6CC(N(C)C)C6)CC5)C=N3)CC4)n[nH]c2c1. The number of imidazole rings is 1. The number of rotatable bonds is 7. The number of H-pyrrole nitrogens is 2. The number of nitrogens with one attached hydrogen (secondary N) is 3. The number of hydrogen-bond donors (Lipinski definition) is 4. The van der Waals surface area contributed by atoms with Crippen molar-refractivity contribution in [2.75, 3.05) is 46.8 Å². The number of phenolic OH excluding ortho intramolecular Hbond substituents is 1. The molecule has 1 unspecified atom stereocenters. The molecule has 1 saturated heterocycles. The van der Waals surface area contributed by atoms with Gasteiger partial charge in [-0.15, -0.1) is 0 Å². The van der Waals surface area contributed by atoms with Crippen molar-refractivity contribution in [2.24, 2.45) is 4.99 Å². The van der Waals surface area contributed by atoms with E-state index in [1.54, 1.807) is 6.20 Å². The number of benzene rings is 2. The molecule has 50 heavy (non-hydrogen) atoms. The Morgan fingerprint density at radius 1 is 1.08 bits per heavy atom. The third-order valence-corrected chi connectivity index (χ3v) is 11.0. The second-order valence-corrected chi connectivity index (χ2v) is 14.2. The highest BCUT2D eigenvalue weighted by atomic mass is 19.1. The Kier molecular flexibility index (Phi) is 8.65. The first-order valence-corrected chi connectivity index (χ1v) is 17.8.